The van der Waals surface area contributed by atoms with Crippen LogP contribution in [0.15, 0.2) is 24.3 Å². The summed E-state index contributed by atoms with van der Waals surface area (Å²) in [5.74, 6) is -1.67. The fraction of sp³-hybridized carbons (Fsp3) is 0.385. The van der Waals surface area contributed by atoms with E-state index in [2.05, 4.69) is 5.32 Å². The Bertz CT molecular complexity index is 484. The van der Waals surface area contributed by atoms with Crippen LogP contribution in [0.3, 0.4) is 0 Å². The van der Waals surface area contributed by atoms with Crippen molar-refractivity contribution in [2.45, 2.75) is 18.4 Å². The van der Waals surface area contributed by atoms with E-state index in [9.17, 15) is 14.7 Å². The number of aromatic hydroxyl groups is 1. The van der Waals surface area contributed by atoms with E-state index in [-0.39, 0.29) is 23.5 Å². The van der Waals surface area contributed by atoms with Gasteiger partial charge in [0, 0.05) is 5.92 Å². The summed E-state index contributed by atoms with van der Waals surface area (Å²) in [6.07, 6.45) is 0.647. The number of hydrogen-bond acceptors (Lipinski definition) is 4. The van der Waals surface area contributed by atoms with E-state index in [1.54, 1.807) is 24.3 Å². The summed E-state index contributed by atoms with van der Waals surface area (Å²) in [6, 6.07) is 5.34. The molecule has 3 unspecified atom stereocenters. The number of amides is 1. The van der Waals surface area contributed by atoms with Crippen LogP contribution >= 0.6 is 0 Å². The predicted octanol–water partition coefficient (Wildman–Crippen LogP) is 0.0574. The zero-order valence-electron chi connectivity index (χ0n) is 10.1. The first kappa shape index (κ1) is 13.4. The van der Waals surface area contributed by atoms with Gasteiger partial charge in [-0.3, -0.25) is 4.79 Å². The molecule has 102 valence electrons. The summed E-state index contributed by atoms with van der Waals surface area (Å²) in [7, 11) is 0. The van der Waals surface area contributed by atoms with E-state index < -0.39 is 18.6 Å². The maximum absolute atomic E-state index is 11.8. The standard InChI is InChI=1S/C13H15NO5/c15-6-11(13(18)19)14-12(17)10-5-9(10)7-1-3-8(16)4-2-7/h1-4,9-11,15-16H,5-6H2,(H,14,17)(H,18,19). The van der Waals surface area contributed by atoms with Crippen molar-refractivity contribution in [3.05, 3.63) is 29.8 Å². The summed E-state index contributed by atoms with van der Waals surface area (Å²) >= 11 is 0. The molecule has 1 fully saturated rings. The van der Waals surface area contributed by atoms with E-state index in [1.807, 2.05) is 0 Å². The third-order valence-electron chi connectivity index (χ3n) is 3.25. The van der Waals surface area contributed by atoms with Gasteiger partial charge < -0.3 is 20.6 Å². The molecule has 6 heteroatoms. The third kappa shape index (κ3) is 3.03. The molecule has 19 heavy (non-hydrogen) atoms. The molecule has 1 aromatic rings. The Morgan fingerprint density at radius 3 is 2.47 bits per heavy atom. The Balaban J connectivity index is 1.93. The average molecular weight is 265 g/mol. The van der Waals surface area contributed by atoms with Crippen molar-refractivity contribution >= 4 is 11.9 Å². The van der Waals surface area contributed by atoms with Gasteiger partial charge >= 0.3 is 5.97 Å². The summed E-state index contributed by atoms with van der Waals surface area (Å²) in [5, 5.41) is 29.0. The van der Waals surface area contributed by atoms with Gasteiger partial charge in [0.1, 0.15) is 11.8 Å². The number of carboxylic acid groups (broad SMARTS) is 1. The normalized spacial score (nSPS) is 22.6. The molecule has 3 atom stereocenters. The van der Waals surface area contributed by atoms with Crippen molar-refractivity contribution in [3.63, 3.8) is 0 Å². The second-order valence-corrected chi connectivity index (χ2v) is 4.62. The van der Waals surface area contributed by atoms with Gasteiger partial charge in [0.05, 0.1) is 6.61 Å². The van der Waals surface area contributed by atoms with E-state index in [1.165, 1.54) is 0 Å². The molecule has 1 aliphatic rings. The van der Waals surface area contributed by atoms with Gasteiger partial charge in [-0.15, -0.1) is 0 Å². The van der Waals surface area contributed by atoms with Crippen LogP contribution in [0, 0.1) is 5.92 Å². The van der Waals surface area contributed by atoms with Crippen LogP contribution in [-0.4, -0.2) is 39.8 Å². The Morgan fingerprint density at radius 2 is 1.95 bits per heavy atom. The Hall–Kier alpha value is -2.08. The van der Waals surface area contributed by atoms with Crippen molar-refractivity contribution in [1.82, 2.24) is 5.32 Å². The smallest absolute Gasteiger partial charge is 0.328 e. The van der Waals surface area contributed by atoms with Crippen LogP contribution in [0.25, 0.3) is 0 Å². The fourth-order valence-electron chi connectivity index (χ4n) is 2.04. The molecule has 4 N–H and O–H groups in total. The van der Waals surface area contributed by atoms with Crippen LogP contribution in [0.4, 0.5) is 0 Å². The van der Waals surface area contributed by atoms with Gasteiger partial charge in [0.2, 0.25) is 5.91 Å². The molecule has 1 saturated carbocycles. The molecule has 0 aromatic heterocycles. The fourth-order valence-corrected chi connectivity index (χ4v) is 2.04. The predicted molar refractivity (Wildman–Crippen MR) is 65.6 cm³/mol. The van der Waals surface area contributed by atoms with Crippen LogP contribution in [0.5, 0.6) is 5.75 Å². The highest BCUT2D eigenvalue weighted by molar-refractivity contribution is 5.87. The van der Waals surface area contributed by atoms with E-state index in [0.717, 1.165) is 5.56 Å². The van der Waals surface area contributed by atoms with Gasteiger partial charge in [-0.05, 0) is 30.0 Å². The van der Waals surface area contributed by atoms with Gasteiger partial charge in [-0.1, -0.05) is 12.1 Å². The van der Waals surface area contributed by atoms with Gasteiger partial charge in [0.15, 0.2) is 0 Å². The molecule has 1 aliphatic carbocycles. The number of aliphatic hydroxyl groups excluding tert-OH is 1. The van der Waals surface area contributed by atoms with Gasteiger partial charge in [-0.2, -0.15) is 0 Å². The number of carbonyl (C=O) groups excluding carboxylic acids is 1. The highest BCUT2D eigenvalue weighted by Crippen LogP contribution is 2.47. The van der Waals surface area contributed by atoms with Crippen molar-refractivity contribution in [1.29, 1.82) is 0 Å². The third-order valence-corrected chi connectivity index (χ3v) is 3.25. The van der Waals surface area contributed by atoms with Crippen molar-refractivity contribution in [2.75, 3.05) is 6.61 Å². The molecular weight excluding hydrogens is 250 g/mol. The first-order chi connectivity index (χ1) is 9.02. The highest BCUT2D eigenvalue weighted by Gasteiger charge is 2.44. The minimum Gasteiger partial charge on any atom is -0.508 e. The monoisotopic (exact) mass is 265 g/mol. The quantitative estimate of drug-likeness (QED) is 0.602. The number of rotatable bonds is 5. The van der Waals surface area contributed by atoms with Gasteiger partial charge in [0.25, 0.3) is 0 Å². The number of benzene rings is 1. The largest absolute Gasteiger partial charge is 0.508 e. The average Bonchev–Trinajstić information content (AvgIpc) is 3.16. The summed E-state index contributed by atoms with van der Waals surface area (Å²) in [6.45, 7) is -0.627. The summed E-state index contributed by atoms with van der Waals surface area (Å²) in [5.41, 5.74) is 0.939. The van der Waals surface area contributed by atoms with Crippen LogP contribution in [0.1, 0.15) is 17.9 Å². The lowest BCUT2D eigenvalue weighted by Gasteiger charge is -2.11. The molecule has 0 heterocycles. The lowest BCUT2D eigenvalue weighted by atomic mass is 10.1. The Morgan fingerprint density at radius 1 is 1.32 bits per heavy atom. The molecule has 6 nitrogen and oxygen atoms in total. The number of aliphatic hydroxyl groups is 1. The molecule has 1 amide bonds. The second-order valence-electron chi connectivity index (χ2n) is 4.62. The van der Waals surface area contributed by atoms with Crippen molar-refractivity contribution < 1.29 is 24.9 Å². The number of phenols is 1. The van der Waals surface area contributed by atoms with E-state index in [4.69, 9.17) is 10.2 Å². The van der Waals surface area contributed by atoms with E-state index in [0.29, 0.717) is 6.42 Å². The molecule has 0 saturated heterocycles. The minimum atomic E-state index is -1.26. The number of carboxylic acids is 1. The number of nitrogens with one attached hydrogen (secondary N) is 1. The first-order valence-electron chi connectivity index (χ1n) is 5.96. The zero-order chi connectivity index (χ0) is 14.0. The zero-order valence-corrected chi connectivity index (χ0v) is 10.1. The first-order valence-corrected chi connectivity index (χ1v) is 5.96. The van der Waals surface area contributed by atoms with Gasteiger partial charge in [-0.25, -0.2) is 4.79 Å². The van der Waals surface area contributed by atoms with E-state index >= 15 is 0 Å². The Kier molecular flexibility index (Phi) is 3.71. The molecule has 0 bridgehead atoms. The highest BCUT2D eigenvalue weighted by atomic mass is 16.4. The number of phenolic OH excluding ortho intramolecular Hbond substituents is 1. The number of aliphatic carboxylic acids is 1. The summed E-state index contributed by atoms with van der Waals surface area (Å²) < 4.78 is 0. The molecule has 0 radical (unpaired) electrons. The van der Waals surface area contributed by atoms with Crippen LogP contribution < -0.4 is 5.32 Å². The molecule has 0 spiro atoms. The second kappa shape index (κ2) is 5.27. The molecular formula is C13H15NO5. The number of hydrogen-bond donors (Lipinski definition) is 4. The maximum Gasteiger partial charge on any atom is 0.328 e. The maximum atomic E-state index is 11.8. The number of carbonyl (C=O) groups is 2. The topological polar surface area (TPSA) is 107 Å². The molecule has 2 rings (SSSR count). The van der Waals surface area contributed by atoms with Crippen molar-refractivity contribution in [3.8, 4) is 5.75 Å². The lowest BCUT2D eigenvalue weighted by molar-refractivity contribution is -0.143. The molecule has 1 aromatic carbocycles. The minimum absolute atomic E-state index is 0.0498. The lowest BCUT2D eigenvalue weighted by Crippen LogP contribution is -2.44. The summed E-state index contributed by atoms with van der Waals surface area (Å²) in [4.78, 5) is 22.5. The molecule has 0 aliphatic heterocycles. The van der Waals surface area contributed by atoms with Crippen LogP contribution in [0.2, 0.25) is 0 Å². The van der Waals surface area contributed by atoms with Crippen LogP contribution in [-0.2, 0) is 9.59 Å². The SMILES string of the molecule is O=C(O)C(CO)NC(=O)C1CC1c1ccc(O)cc1. The Labute approximate surface area is 109 Å². The van der Waals surface area contributed by atoms with Crippen molar-refractivity contribution in [2.24, 2.45) is 5.92 Å².